The first-order valence-electron chi connectivity index (χ1n) is 21.0. The Hall–Kier alpha value is 0.910. The second kappa shape index (κ2) is 17.6. The van der Waals surface area contributed by atoms with Crippen LogP contribution in [0.15, 0.2) is 0 Å². The third kappa shape index (κ3) is 13.2. The minimum atomic E-state index is -0.679. The van der Waals surface area contributed by atoms with Crippen LogP contribution < -0.4 is 10.6 Å². The molecule has 0 spiro atoms. The lowest BCUT2D eigenvalue weighted by atomic mass is 9.87. The van der Waals surface area contributed by atoms with Crippen molar-refractivity contribution in [3.8, 4) is 0 Å². The van der Waals surface area contributed by atoms with Gasteiger partial charge in [-0.1, -0.05) is 49.8 Å². The fourth-order valence-electron chi connectivity index (χ4n) is 9.34. The molecule has 2 saturated heterocycles. The molecule has 0 bridgehead atoms. The number of nitrogens with one attached hydrogen (secondary N) is 2. The van der Waals surface area contributed by atoms with E-state index in [1.807, 2.05) is 0 Å². The molecule has 0 aromatic carbocycles. The van der Waals surface area contributed by atoms with Gasteiger partial charge in [-0.25, -0.2) is 9.34 Å². The summed E-state index contributed by atoms with van der Waals surface area (Å²) >= 11 is 6.90. The minimum Gasteiger partial charge on any atom is -0.308 e. The lowest BCUT2D eigenvalue weighted by Gasteiger charge is -2.41. The van der Waals surface area contributed by atoms with Gasteiger partial charge < -0.3 is 10.6 Å². The number of rotatable bonds is 2. The van der Waals surface area contributed by atoms with Crippen LogP contribution in [0.1, 0.15) is 202 Å². The molecular formula is C42H87ClN6P2. The molecule has 0 unspecified atom stereocenters. The summed E-state index contributed by atoms with van der Waals surface area (Å²) in [6, 6.07) is 4.21. The molecule has 3 aliphatic carbocycles. The van der Waals surface area contributed by atoms with E-state index in [9.17, 15) is 0 Å². The molecule has 0 amide bonds. The molecule has 2 aliphatic heterocycles. The van der Waals surface area contributed by atoms with Crippen LogP contribution in [0.2, 0.25) is 0 Å². The number of fused-ring (bicyclic) bond motifs is 2. The lowest BCUT2D eigenvalue weighted by Crippen LogP contribution is -2.58. The smallest absolute Gasteiger partial charge is 0.141 e. The van der Waals surface area contributed by atoms with Gasteiger partial charge in [0.2, 0.25) is 0 Å². The fourth-order valence-corrected chi connectivity index (χ4v) is 15.3. The highest BCUT2D eigenvalue weighted by Gasteiger charge is 2.54. The zero-order valence-electron chi connectivity index (χ0n) is 37.1. The molecular weight excluding hydrogens is 686 g/mol. The quantitative estimate of drug-likeness (QED) is 0.272. The zero-order valence-corrected chi connectivity index (χ0v) is 39.7. The molecule has 6 nitrogen and oxygen atoms in total. The highest BCUT2D eigenvalue weighted by molar-refractivity contribution is 7.80. The van der Waals surface area contributed by atoms with Crippen molar-refractivity contribution in [2.75, 3.05) is 0 Å². The molecule has 3 saturated carbocycles. The van der Waals surface area contributed by atoms with E-state index in [0.717, 1.165) is 21.0 Å². The predicted molar refractivity (Wildman–Crippen MR) is 231 cm³/mol. The van der Waals surface area contributed by atoms with Crippen LogP contribution in [0.3, 0.4) is 0 Å². The Bertz CT molecular complexity index is 980. The summed E-state index contributed by atoms with van der Waals surface area (Å²) in [5.74, 6) is 0. The number of halogens is 1. The molecule has 6 atom stereocenters. The second-order valence-electron chi connectivity index (χ2n) is 22.6. The third-order valence-corrected chi connectivity index (χ3v) is 17.0. The number of hydrogen-bond acceptors (Lipinski definition) is 6. The van der Waals surface area contributed by atoms with E-state index in [2.05, 4.69) is 154 Å². The van der Waals surface area contributed by atoms with E-state index >= 15 is 0 Å². The summed E-state index contributed by atoms with van der Waals surface area (Å²) in [6.07, 6.45) is 16.4. The van der Waals surface area contributed by atoms with Crippen LogP contribution in [-0.2, 0) is 0 Å². The van der Waals surface area contributed by atoms with Crippen LogP contribution in [0.5, 0.6) is 0 Å². The normalized spacial score (nSPS) is 31.4. The molecule has 5 rings (SSSR count). The van der Waals surface area contributed by atoms with Gasteiger partial charge >= 0.3 is 0 Å². The SMILES string of the molecule is CC(C)(C)N1PN(C(C)(C)C)[C@@H]2CCCC[C@H]21.CC(C)(C)N1[C@@H]2CCCC[C@H]2N(C(C)(C)C)P1Cl.CC(C)(C)N[C@@H]1CCCC[C@H]1NC(C)(C)C. The second-order valence-corrected chi connectivity index (χ2v) is 26.0. The first-order chi connectivity index (χ1) is 23.0. The Morgan fingerprint density at radius 3 is 0.961 bits per heavy atom. The average molecular weight is 774 g/mol. The van der Waals surface area contributed by atoms with E-state index in [1.165, 1.54) is 77.0 Å². The fraction of sp³-hybridized carbons (Fsp3) is 1.00. The topological polar surface area (TPSA) is 37.0 Å². The van der Waals surface area contributed by atoms with E-state index in [1.54, 1.807) is 0 Å². The first-order valence-corrected chi connectivity index (χ1v) is 24.0. The van der Waals surface area contributed by atoms with Gasteiger partial charge in [-0.15, -0.1) is 0 Å². The number of nitrogens with zero attached hydrogens (tertiary/aromatic N) is 4. The largest absolute Gasteiger partial charge is 0.308 e. The zero-order chi connectivity index (χ0) is 39.0. The van der Waals surface area contributed by atoms with Crippen LogP contribution >= 0.6 is 27.7 Å². The van der Waals surface area contributed by atoms with Crippen LogP contribution in [-0.4, -0.2) is 88.2 Å². The maximum Gasteiger partial charge on any atom is 0.141 e. The van der Waals surface area contributed by atoms with E-state index in [-0.39, 0.29) is 22.2 Å². The Labute approximate surface area is 327 Å². The summed E-state index contributed by atoms with van der Waals surface area (Å²) in [7, 11) is 0.195. The van der Waals surface area contributed by atoms with Crippen LogP contribution in [0.4, 0.5) is 0 Å². The highest BCUT2D eigenvalue weighted by Crippen LogP contribution is 2.65. The summed E-state index contributed by atoms with van der Waals surface area (Å²) in [5, 5.41) is 7.54. The van der Waals surface area contributed by atoms with E-state index < -0.39 is 7.58 Å². The molecule has 0 aromatic rings. The molecule has 5 fully saturated rings. The van der Waals surface area contributed by atoms with E-state index in [0.29, 0.717) is 35.2 Å². The van der Waals surface area contributed by atoms with Gasteiger partial charge in [-0.2, -0.15) is 0 Å². The van der Waals surface area contributed by atoms with Crippen molar-refractivity contribution in [3.63, 3.8) is 0 Å². The van der Waals surface area contributed by atoms with Crippen LogP contribution in [0, 0.1) is 0 Å². The monoisotopic (exact) mass is 773 g/mol. The van der Waals surface area contributed by atoms with Gasteiger partial charge in [0.25, 0.3) is 0 Å². The average Bonchev–Trinajstić information content (AvgIpc) is 3.49. The molecule has 9 heteroatoms. The summed E-state index contributed by atoms with van der Waals surface area (Å²) < 4.78 is 10.8. The van der Waals surface area contributed by atoms with Crippen molar-refractivity contribution < 1.29 is 0 Å². The molecule has 2 N–H and O–H groups in total. The maximum absolute atomic E-state index is 6.90. The molecule has 2 heterocycles. The van der Waals surface area contributed by atoms with Gasteiger partial charge in [0.1, 0.15) is 7.58 Å². The molecule has 51 heavy (non-hydrogen) atoms. The predicted octanol–water partition coefficient (Wildman–Crippen LogP) is 12.1. The Morgan fingerprint density at radius 2 is 0.706 bits per heavy atom. The van der Waals surface area contributed by atoms with Crippen molar-refractivity contribution in [1.82, 2.24) is 29.3 Å². The Balaban J connectivity index is 0.000000207. The van der Waals surface area contributed by atoms with Crippen LogP contribution in [0.25, 0.3) is 0 Å². The molecule has 5 aliphatic rings. The number of hydrogen-bond donors (Lipinski definition) is 2. The van der Waals surface area contributed by atoms with Gasteiger partial charge in [-0.05, 0) is 163 Å². The van der Waals surface area contributed by atoms with Gasteiger partial charge in [0.05, 0.1) is 0 Å². The summed E-state index contributed by atoms with van der Waals surface area (Å²) in [5.41, 5.74) is 1.43. The van der Waals surface area contributed by atoms with E-state index in [4.69, 9.17) is 11.2 Å². The Kier molecular flexibility index (Phi) is 16.0. The van der Waals surface area contributed by atoms with Crippen molar-refractivity contribution >= 4 is 27.7 Å². The standard InChI is InChI=1S/C14H28ClN2P.C14H29N2P.C14H30N2/c1-13(2,3)16-11-9-7-8-10-12(11)17(18(16)15)14(4,5)6;1-13(2,3)15-11-9-7-8-10-12(11)16(17-15)14(4,5)6;1-13(2,3)15-11-9-7-8-10-12(11)16-14(4,5)6/h11-12H,7-10H2,1-6H3;11-12,17H,7-10H2,1-6H3;11-12,15-16H,7-10H2,1-6H3/t3*11-,12-/m111/s1. The third-order valence-electron chi connectivity index (χ3n) is 11.1. The van der Waals surface area contributed by atoms with Crippen molar-refractivity contribution in [3.05, 3.63) is 0 Å². The van der Waals surface area contributed by atoms with Crippen molar-refractivity contribution in [2.45, 2.75) is 271 Å². The minimum absolute atomic E-state index is 0.174. The van der Waals surface area contributed by atoms with Gasteiger partial charge in [0, 0.05) is 78.4 Å². The molecule has 0 radical (unpaired) electrons. The summed E-state index contributed by atoms with van der Waals surface area (Å²) in [6.45, 7) is 41.6. The summed E-state index contributed by atoms with van der Waals surface area (Å²) in [4.78, 5) is 0. The molecule has 302 valence electrons. The lowest BCUT2D eigenvalue weighted by molar-refractivity contribution is 0.118. The molecule has 0 aromatic heterocycles. The van der Waals surface area contributed by atoms with Gasteiger partial charge in [0.15, 0.2) is 0 Å². The highest BCUT2D eigenvalue weighted by atomic mass is 35.7. The first kappa shape index (κ1) is 46.3. The maximum atomic E-state index is 6.90. The van der Waals surface area contributed by atoms with Crippen molar-refractivity contribution in [1.29, 1.82) is 0 Å². The van der Waals surface area contributed by atoms with Crippen molar-refractivity contribution in [2.24, 2.45) is 0 Å². The Morgan fingerprint density at radius 1 is 0.431 bits per heavy atom. The van der Waals surface area contributed by atoms with Gasteiger partial charge in [-0.3, -0.25) is 9.34 Å².